The molecule has 2 aromatic carbocycles. The van der Waals surface area contributed by atoms with Crippen molar-refractivity contribution in [3.63, 3.8) is 0 Å². The fourth-order valence-corrected chi connectivity index (χ4v) is 4.36. The molecule has 4 rings (SSSR count). The number of hydrogen-bond donors (Lipinski definition) is 1. The lowest BCUT2D eigenvalue weighted by molar-refractivity contribution is -0.131. The van der Waals surface area contributed by atoms with Crippen LogP contribution < -0.4 is 0 Å². The quantitative estimate of drug-likeness (QED) is 0.668. The number of nitrogens with zero attached hydrogens (tertiary/aromatic N) is 5. The third-order valence-electron chi connectivity index (χ3n) is 4.75. The predicted octanol–water partition coefficient (Wildman–Crippen LogP) is 3.21. The van der Waals surface area contributed by atoms with E-state index in [9.17, 15) is 9.90 Å². The second kappa shape index (κ2) is 8.43. The summed E-state index contributed by atoms with van der Waals surface area (Å²) in [6.45, 7) is 1.59. The Balaban J connectivity index is 1.64. The van der Waals surface area contributed by atoms with Gasteiger partial charge in [-0.25, -0.2) is 0 Å². The summed E-state index contributed by atoms with van der Waals surface area (Å²) in [5.41, 5.74) is 1.66. The minimum Gasteiger partial charge on any atom is -0.508 e. The third-order valence-corrected chi connectivity index (χ3v) is 5.93. The number of carbonyl (C=O) groups excluding carboxylic acids is 1. The zero-order valence-electron chi connectivity index (χ0n) is 15.3. The van der Waals surface area contributed by atoms with Crippen LogP contribution in [0.15, 0.2) is 59.8 Å². The highest BCUT2D eigenvalue weighted by atomic mass is 32.2. The number of phenols is 1. The number of phenolic OH excluding ortho intramolecular Hbond substituents is 1. The number of thioether (sulfide) groups is 1. The number of likely N-dealkylation sites (tertiary alicyclic amines) is 1. The average molecular weight is 395 g/mol. The summed E-state index contributed by atoms with van der Waals surface area (Å²) in [6, 6.07) is 16.4. The van der Waals surface area contributed by atoms with Gasteiger partial charge in [-0.2, -0.15) is 4.68 Å². The normalized spacial score (nSPS) is 15.4. The van der Waals surface area contributed by atoms with Gasteiger partial charge in [0.15, 0.2) is 0 Å². The Hall–Kier alpha value is -2.87. The van der Waals surface area contributed by atoms with Gasteiger partial charge in [-0.1, -0.05) is 42.1 Å². The van der Waals surface area contributed by atoms with Crippen molar-refractivity contribution in [1.82, 2.24) is 25.1 Å². The maximum atomic E-state index is 13.3. The van der Waals surface area contributed by atoms with E-state index >= 15 is 0 Å². The van der Waals surface area contributed by atoms with Crippen LogP contribution in [0, 0.1) is 0 Å². The SMILES string of the molecule is O=C([C@@H](Sc1nnnn1-c1ccc(O)cc1)c1ccccc1)N1CCCCC1. The summed E-state index contributed by atoms with van der Waals surface area (Å²) in [5.74, 6) is 0.268. The van der Waals surface area contributed by atoms with E-state index in [1.165, 1.54) is 18.2 Å². The first kappa shape index (κ1) is 18.5. The summed E-state index contributed by atoms with van der Waals surface area (Å²) in [6.07, 6.45) is 3.26. The van der Waals surface area contributed by atoms with Crippen molar-refractivity contribution in [2.75, 3.05) is 13.1 Å². The second-order valence-electron chi connectivity index (χ2n) is 6.68. The van der Waals surface area contributed by atoms with Crippen LogP contribution in [0.3, 0.4) is 0 Å². The van der Waals surface area contributed by atoms with Crippen LogP contribution in [0.5, 0.6) is 5.75 Å². The molecule has 28 heavy (non-hydrogen) atoms. The predicted molar refractivity (Wildman–Crippen MR) is 106 cm³/mol. The molecule has 3 aromatic rings. The second-order valence-corrected chi connectivity index (χ2v) is 7.76. The fraction of sp³-hybridized carbons (Fsp3) is 0.300. The molecule has 7 nitrogen and oxygen atoms in total. The Bertz CT molecular complexity index is 923. The molecule has 1 aromatic heterocycles. The Labute approximate surface area is 167 Å². The molecule has 0 aliphatic carbocycles. The maximum Gasteiger partial charge on any atom is 0.240 e. The van der Waals surface area contributed by atoms with Gasteiger partial charge in [0.1, 0.15) is 11.0 Å². The highest BCUT2D eigenvalue weighted by Crippen LogP contribution is 2.36. The summed E-state index contributed by atoms with van der Waals surface area (Å²) < 4.78 is 1.59. The fourth-order valence-electron chi connectivity index (χ4n) is 3.28. The van der Waals surface area contributed by atoms with E-state index in [4.69, 9.17) is 0 Å². The number of tetrazole rings is 1. The zero-order valence-corrected chi connectivity index (χ0v) is 16.1. The lowest BCUT2D eigenvalue weighted by atomic mass is 10.1. The molecule has 1 N–H and O–H groups in total. The smallest absolute Gasteiger partial charge is 0.240 e. The molecular formula is C20H21N5O2S. The van der Waals surface area contributed by atoms with Crippen molar-refractivity contribution in [2.45, 2.75) is 29.7 Å². The first-order chi connectivity index (χ1) is 13.7. The largest absolute Gasteiger partial charge is 0.508 e. The van der Waals surface area contributed by atoms with Gasteiger partial charge in [0.05, 0.1) is 5.69 Å². The van der Waals surface area contributed by atoms with Crippen molar-refractivity contribution >= 4 is 17.7 Å². The molecular weight excluding hydrogens is 374 g/mol. The van der Waals surface area contributed by atoms with E-state index in [2.05, 4.69) is 15.5 Å². The molecule has 1 saturated heterocycles. The lowest BCUT2D eigenvalue weighted by Crippen LogP contribution is -2.38. The standard InChI is InChI=1S/C20H21N5O2S/c26-17-11-9-16(10-12-17)25-20(21-22-23-25)28-18(15-7-3-1-4-8-15)19(27)24-13-5-2-6-14-24/h1,3-4,7-12,18,26H,2,5-6,13-14H2/t18-/m0/s1. The van der Waals surface area contributed by atoms with Crippen molar-refractivity contribution in [2.24, 2.45) is 0 Å². The zero-order chi connectivity index (χ0) is 19.3. The minimum atomic E-state index is -0.416. The molecule has 0 saturated carbocycles. The van der Waals surface area contributed by atoms with Crippen LogP contribution in [-0.2, 0) is 4.79 Å². The Morgan fingerprint density at radius 3 is 2.43 bits per heavy atom. The minimum absolute atomic E-state index is 0.0937. The van der Waals surface area contributed by atoms with E-state index in [1.807, 2.05) is 35.2 Å². The van der Waals surface area contributed by atoms with Crippen LogP contribution in [0.4, 0.5) is 0 Å². The van der Waals surface area contributed by atoms with E-state index in [0.717, 1.165) is 37.2 Å². The van der Waals surface area contributed by atoms with Crippen molar-refractivity contribution in [1.29, 1.82) is 0 Å². The third kappa shape index (κ3) is 4.01. The molecule has 1 fully saturated rings. The van der Waals surface area contributed by atoms with Crippen LogP contribution in [0.2, 0.25) is 0 Å². The molecule has 0 unspecified atom stereocenters. The first-order valence-corrected chi connectivity index (χ1v) is 10.2. The number of rotatable bonds is 5. The number of piperidine rings is 1. The van der Waals surface area contributed by atoms with Crippen molar-refractivity contribution < 1.29 is 9.90 Å². The topological polar surface area (TPSA) is 84.1 Å². The Morgan fingerprint density at radius 2 is 1.71 bits per heavy atom. The molecule has 1 amide bonds. The van der Waals surface area contributed by atoms with E-state index in [-0.39, 0.29) is 11.7 Å². The van der Waals surface area contributed by atoms with Gasteiger partial charge in [-0.05, 0) is 59.5 Å². The summed E-state index contributed by atoms with van der Waals surface area (Å²) in [7, 11) is 0. The molecule has 2 heterocycles. The number of hydrogen-bond acceptors (Lipinski definition) is 6. The van der Waals surface area contributed by atoms with Crippen molar-refractivity contribution in [3.8, 4) is 11.4 Å². The molecule has 1 aliphatic rings. The average Bonchev–Trinajstić information content (AvgIpc) is 3.21. The number of carbonyl (C=O) groups is 1. The lowest BCUT2D eigenvalue weighted by Gasteiger charge is -2.30. The van der Waals surface area contributed by atoms with E-state index < -0.39 is 5.25 Å². The molecule has 0 spiro atoms. The van der Waals surface area contributed by atoms with Crippen LogP contribution in [-0.4, -0.2) is 49.2 Å². The Morgan fingerprint density at radius 1 is 1.00 bits per heavy atom. The highest BCUT2D eigenvalue weighted by Gasteiger charge is 2.30. The van der Waals surface area contributed by atoms with Gasteiger partial charge in [0.2, 0.25) is 11.1 Å². The maximum absolute atomic E-state index is 13.3. The number of aromatic nitrogens is 4. The number of amides is 1. The molecule has 144 valence electrons. The molecule has 0 radical (unpaired) electrons. The molecule has 8 heteroatoms. The first-order valence-electron chi connectivity index (χ1n) is 9.30. The highest BCUT2D eigenvalue weighted by molar-refractivity contribution is 8.00. The van der Waals surface area contributed by atoms with Gasteiger partial charge < -0.3 is 10.0 Å². The Kier molecular flexibility index (Phi) is 5.57. The number of aromatic hydroxyl groups is 1. The van der Waals surface area contributed by atoms with Crippen LogP contribution in [0.1, 0.15) is 30.1 Å². The van der Waals surface area contributed by atoms with Gasteiger partial charge in [-0.15, -0.1) is 5.10 Å². The van der Waals surface area contributed by atoms with Gasteiger partial charge in [-0.3, -0.25) is 4.79 Å². The van der Waals surface area contributed by atoms with Crippen LogP contribution in [0.25, 0.3) is 5.69 Å². The summed E-state index contributed by atoms with van der Waals surface area (Å²) >= 11 is 1.35. The van der Waals surface area contributed by atoms with Gasteiger partial charge in [0, 0.05) is 13.1 Å². The molecule has 1 atom stereocenters. The summed E-state index contributed by atoms with van der Waals surface area (Å²) in [4.78, 5) is 15.3. The van der Waals surface area contributed by atoms with E-state index in [0.29, 0.717) is 5.16 Å². The van der Waals surface area contributed by atoms with Gasteiger partial charge in [0.25, 0.3) is 0 Å². The summed E-state index contributed by atoms with van der Waals surface area (Å²) in [5, 5.41) is 21.6. The monoisotopic (exact) mass is 395 g/mol. The van der Waals surface area contributed by atoms with Crippen molar-refractivity contribution in [3.05, 3.63) is 60.2 Å². The number of benzene rings is 2. The van der Waals surface area contributed by atoms with E-state index in [1.54, 1.807) is 28.9 Å². The van der Waals surface area contributed by atoms with Crippen LogP contribution >= 0.6 is 11.8 Å². The molecule has 1 aliphatic heterocycles. The van der Waals surface area contributed by atoms with Gasteiger partial charge >= 0.3 is 0 Å². The molecule has 0 bridgehead atoms.